The van der Waals surface area contributed by atoms with Crippen molar-refractivity contribution in [2.75, 3.05) is 0 Å². The highest BCUT2D eigenvalue weighted by atomic mass is 35.5. The quantitative estimate of drug-likeness (QED) is 0.166. The van der Waals surface area contributed by atoms with Crippen molar-refractivity contribution in [1.29, 1.82) is 0 Å². The van der Waals surface area contributed by atoms with Crippen LogP contribution in [-0.4, -0.2) is 29.1 Å². The van der Waals surface area contributed by atoms with Gasteiger partial charge in [-0.15, -0.1) is 28.6 Å². The van der Waals surface area contributed by atoms with Gasteiger partial charge < -0.3 is 0 Å². The number of fused-ring (bicyclic) bond motifs is 6. The van der Waals surface area contributed by atoms with Crippen LogP contribution in [0.4, 0.5) is 0 Å². The van der Waals surface area contributed by atoms with Gasteiger partial charge >= 0.3 is 0 Å². The molecule has 47 heavy (non-hydrogen) atoms. The van der Waals surface area contributed by atoms with E-state index in [1.807, 2.05) is 6.07 Å². The van der Waals surface area contributed by atoms with E-state index in [1.165, 1.54) is 44.5 Å². The summed E-state index contributed by atoms with van der Waals surface area (Å²) in [6.07, 6.45) is 6.37. The van der Waals surface area contributed by atoms with Crippen molar-refractivity contribution in [3.8, 4) is 23.2 Å². The lowest BCUT2D eigenvalue weighted by molar-refractivity contribution is 0.967. The Labute approximate surface area is 290 Å². The van der Waals surface area contributed by atoms with Crippen molar-refractivity contribution in [2.24, 2.45) is 0 Å². The number of benzene rings is 2. The van der Waals surface area contributed by atoms with Crippen molar-refractivity contribution in [3.05, 3.63) is 127 Å². The van der Waals surface area contributed by atoms with Gasteiger partial charge in [0.25, 0.3) is 11.1 Å². The molecule has 13 heteroatoms. The number of rotatable bonds is 2. The molecule has 0 amide bonds. The van der Waals surface area contributed by atoms with E-state index in [4.69, 9.17) is 34.8 Å². The lowest BCUT2D eigenvalue weighted by Crippen LogP contribution is -2.17. The molecule has 0 atom stereocenters. The zero-order chi connectivity index (χ0) is 31.9. The lowest BCUT2D eigenvalue weighted by Gasteiger charge is -2.05. The second-order valence-electron chi connectivity index (χ2n) is 9.74. The molecule has 0 saturated heterocycles. The summed E-state index contributed by atoms with van der Waals surface area (Å²) in [5, 5.41) is 3.35. The van der Waals surface area contributed by atoms with Gasteiger partial charge in [0.2, 0.25) is 0 Å². The number of aromatic nitrogens is 6. The number of hydrogen-bond acceptors (Lipinski definition) is 8. The van der Waals surface area contributed by atoms with E-state index in [0.29, 0.717) is 46.0 Å². The van der Waals surface area contributed by atoms with Crippen molar-refractivity contribution in [3.63, 3.8) is 0 Å². The van der Waals surface area contributed by atoms with Crippen LogP contribution < -0.4 is 11.1 Å². The Kier molecular flexibility index (Phi) is 9.10. The van der Waals surface area contributed by atoms with E-state index in [0.717, 1.165) is 26.9 Å². The van der Waals surface area contributed by atoms with E-state index in [-0.39, 0.29) is 18.5 Å². The summed E-state index contributed by atoms with van der Waals surface area (Å²) >= 11 is 20.6. The zero-order valence-electron chi connectivity index (χ0n) is 23.5. The molecule has 0 aliphatic carbocycles. The number of hydrogen-bond donors (Lipinski definition) is 0. The molecule has 0 N–H and O–H groups in total. The third-order valence-electron chi connectivity index (χ3n) is 6.98. The minimum Gasteiger partial charge on any atom is -0.267 e. The van der Waals surface area contributed by atoms with Crippen molar-refractivity contribution in [1.82, 2.24) is 29.1 Å². The molecule has 0 bridgehead atoms. The standard InChI is InChI=1S/C18H10ClN3OS.C15H7Cl2N3OS.CH4/c1-2-3-11-8-9-20-17-14(11)15-16(24-17)18(23)22(10-21-15)13-6-4-12(19)5-7-13;16-8-1-3-9(4-2-8)20-7-19-12-11-10(17)5-6-18-14(11)22-13(12)15(20)21;/h4-10H,1H3;1-7H;1H4. The molecule has 0 aliphatic heterocycles. The molecule has 0 saturated carbocycles. The molecule has 232 valence electrons. The van der Waals surface area contributed by atoms with E-state index in [2.05, 4.69) is 31.8 Å². The molecule has 0 unspecified atom stereocenters. The van der Waals surface area contributed by atoms with Crippen LogP contribution in [-0.2, 0) is 0 Å². The summed E-state index contributed by atoms with van der Waals surface area (Å²) < 4.78 is 4.11. The number of thiophene rings is 2. The van der Waals surface area contributed by atoms with Gasteiger partial charge in [-0.25, -0.2) is 19.9 Å². The van der Waals surface area contributed by atoms with Crippen LogP contribution in [0.3, 0.4) is 0 Å². The van der Waals surface area contributed by atoms with E-state index < -0.39 is 0 Å². The van der Waals surface area contributed by atoms with Crippen LogP contribution >= 0.6 is 57.5 Å². The Morgan fingerprint density at radius 2 is 1.11 bits per heavy atom. The van der Waals surface area contributed by atoms with Gasteiger partial charge in [-0.05, 0) is 67.6 Å². The predicted octanol–water partition coefficient (Wildman–Crippen LogP) is 8.96. The molecule has 0 radical (unpaired) electrons. The van der Waals surface area contributed by atoms with Crippen LogP contribution in [0.5, 0.6) is 0 Å². The van der Waals surface area contributed by atoms with Gasteiger partial charge in [0, 0.05) is 28.0 Å². The summed E-state index contributed by atoms with van der Waals surface area (Å²) in [4.78, 5) is 44.6. The molecule has 8 nitrogen and oxygen atoms in total. The van der Waals surface area contributed by atoms with Crippen LogP contribution in [0.15, 0.2) is 95.3 Å². The fraction of sp³-hybridized carbons (Fsp3) is 0.0588. The number of pyridine rings is 2. The van der Waals surface area contributed by atoms with Crippen molar-refractivity contribution < 1.29 is 0 Å². The van der Waals surface area contributed by atoms with Gasteiger partial charge in [0.05, 0.1) is 38.2 Å². The highest BCUT2D eigenvalue weighted by Gasteiger charge is 2.17. The Bertz CT molecular complexity index is 2640. The first-order chi connectivity index (χ1) is 22.3. The van der Waals surface area contributed by atoms with Gasteiger partial charge in [-0.3, -0.25) is 18.7 Å². The normalized spacial score (nSPS) is 10.8. The smallest absolute Gasteiger partial charge is 0.267 e. The second kappa shape index (κ2) is 13.2. The van der Waals surface area contributed by atoms with Gasteiger partial charge in [0.15, 0.2) is 0 Å². The summed E-state index contributed by atoms with van der Waals surface area (Å²) in [7, 11) is 0. The highest BCUT2D eigenvalue weighted by Crippen LogP contribution is 2.34. The maximum atomic E-state index is 12.9. The van der Waals surface area contributed by atoms with Gasteiger partial charge in [-0.1, -0.05) is 48.1 Å². The number of nitrogens with zero attached hydrogens (tertiary/aromatic N) is 6. The molecular weight excluding hydrogens is 695 g/mol. The minimum absolute atomic E-state index is 0. The fourth-order valence-corrected chi connectivity index (χ4v) is 7.53. The molecule has 0 aliphatic rings. The van der Waals surface area contributed by atoms with Crippen LogP contribution in [0.1, 0.15) is 19.9 Å². The average molecular weight is 716 g/mol. The predicted molar refractivity (Wildman–Crippen MR) is 195 cm³/mol. The maximum absolute atomic E-state index is 12.9. The van der Waals surface area contributed by atoms with E-state index in [1.54, 1.807) is 73.9 Å². The summed E-state index contributed by atoms with van der Waals surface area (Å²) in [6.45, 7) is 1.78. The first kappa shape index (κ1) is 32.3. The molecule has 6 aromatic heterocycles. The zero-order valence-corrected chi connectivity index (χ0v) is 27.4. The Morgan fingerprint density at radius 1 is 0.638 bits per heavy atom. The third-order valence-corrected chi connectivity index (χ3v) is 9.95. The summed E-state index contributed by atoms with van der Waals surface area (Å²) in [5.41, 5.74) is 3.24. The minimum atomic E-state index is -0.147. The SMILES string of the molecule is C.CC#Cc1ccnc2sc3c(=O)n(-c4ccc(Cl)cc4)cnc3c12.O=c1c2sc3nccc(Cl)c3c2ncn1-c1ccc(Cl)cc1. The van der Waals surface area contributed by atoms with Crippen molar-refractivity contribution in [2.45, 2.75) is 14.4 Å². The number of halogens is 3. The Balaban J connectivity index is 0.000000161. The largest absolute Gasteiger partial charge is 0.275 e. The van der Waals surface area contributed by atoms with Gasteiger partial charge in [0.1, 0.15) is 31.7 Å². The van der Waals surface area contributed by atoms with E-state index in [9.17, 15) is 9.59 Å². The fourth-order valence-electron chi connectivity index (χ4n) is 4.88. The summed E-state index contributed by atoms with van der Waals surface area (Å²) in [5.74, 6) is 5.94. The third kappa shape index (κ3) is 5.89. The molecule has 0 fully saturated rings. The molecule has 0 spiro atoms. The lowest BCUT2D eigenvalue weighted by atomic mass is 10.1. The Morgan fingerprint density at radius 3 is 1.62 bits per heavy atom. The first-order valence-corrected chi connectivity index (χ1v) is 16.3. The monoisotopic (exact) mass is 714 g/mol. The molecule has 6 heterocycles. The molecule has 2 aromatic carbocycles. The maximum Gasteiger partial charge on any atom is 0.275 e. The second-order valence-corrected chi connectivity index (χ2v) is 13.0. The van der Waals surface area contributed by atoms with Crippen LogP contribution in [0, 0.1) is 11.8 Å². The average Bonchev–Trinajstić information content (AvgIpc) is 3.64. The highest BCUT2D eigenvalue weighted by molar-refractivity contribution is 7.25. The molecular formula is C34H21Cl3N6O2S2. The van der Waals surface area contributed by atoms with Gasteiger partial charge in [-0.2, -0.15) is 0 Å². The van der Waals surface area contributed by atoms with E-state index >= 15 is 0 Å². The molecule has 8 aromatic rings. The van der Waals surface area contributed by atoms with Crippen LogP contribution in [0.25, 0.3) is 52.2 Å². The summed E-state index contributed by atoms with van der Waals surface area (Å²) in [6, 6.07) is 17.6. The van der Waals surface area contributed by atoms with Crippen LogP contribution in [0.2, 0.25) is 15.1 Å². The Hall–Kier alpha value is -4.63. The first-order valence-electron chi connectivity index (χ1n) is 13.5. The molecule has 8 rings (SSSR count). The topological polar surface area (TPSA) is 95.6 Å². The van der Waals surface area contributed by atoms with Crippen molar-refractivity contribution >= 4 is 98.3 Å².